The van der Waals surface area contributed by atoms with Crippen LogP contribution < -0.4 is 5.32 Å². The van der Waals surface area contributed by atoms with Crippen molar-refractivity contribution in [2.45, 2.75) is 13.3 Å². The Morgan fingerprint density at radius 1 is 1.18 bits per heavy atom. The molecular formula is C21H22N4O3. The van der Waals surface area contributed by atoms with Crippen molar-refractivity contribution in [3.63, 3.8) is 0 Å². The summed E-state index contributed by atoms with van der Waals surface area (Å²) in [6.07, 6.45) is 0.480. The summed E-state index contributed by atoms with van der Waals surface area (Å²) in [5, 5.41) is 2.82. The zero-order chi connectivity index (χ0) is 19.7. The zero-order valence-corrected chi connectivity index (χ0v) is 16.2. The van der Waals surface area contributed by atoms with Crippen molar-refractivity contribution in [1.82, 2.24) is 19.9 Å². The van der Waals surface area contributed by atoms with Gasteiger partial charge in [0.2, 0.25) is 5.89 Å². The van der Waals surface area contributed by atoms with Crippen LogP contribution >= 0.6 is 0 Å². The number of nitrogens with one attached hydrogen (secondary N) is 1. The van der Waals surface area contributed by atoms with Crippen LogP contribution in [0, 0.1) is 6.92 Å². The summed E-state index contributed by atoms with van der Waals surface area (Å²) in [5.41, 5.74) is 5.06. The minimum atomic E-state index is -0.138. The molecule has 4 rings (SSSR count). The third kappa shape index (κ3) is 3.48. The molecule has 7 nitrogen and oxygen atoms in total. The largest absolute Gasteiger partial charge is 0.440 e. The molecule has 28 heavy (non-hydrogen) atoms. The summed E-state index contributed by atoms with van der Waals surface area (Å²) < 4.78 is 12.8. The van der Waals surface area contributed by atoms with Crippen molar-refractivity contribution in [2.24, 2.45) is 7.05 Å². The number of ether oxygens (including phenoxy) is 1. The number of nitrogens with zero attached hydrogens (tertiary/aromatic N) is 3. The standard InChI is InChI=1S/C21H22N4O3/c1-13-4-7-18-16(10-13)24-20(28-18)12-19-23-15-11-14(5-6-17(15)25(19)2)21(26)22-8-9-27-3/h4-7,10-11H,8-9,12H2,1-3H3,(H,22,26). The smallest absolute Gasteiger partial charge is 0.251 e. The summed E-state index contributed by atoms with van der Waals surface area (Å²) in [5.74, 6) is 1.31. The van der Waals surface area contributed by atoms with Crippen LogP contribution in [-0.4, -0.2) is 40.7 Å². The van der Waals surface area contributed by atoms with Crippen molar-refractivity contribution in [3.05, 3.63) is 59.2 Å². The molecule has 0 aliphatic heterocycles. The molecule has 0 atom stereocenters. The first-order valence-electron chi connectivity index (χ1n) is 9.13. The number of hydrogen-bond acceptors (Lipinski definition) is 5. The Kier molecular flexibility index (Phi) is 4.83. The van der Waals surface area contributed by atoms with Crippen molar-refractivity contribution in [1.29, 1.82) is 0 Å². The fourth-order valence-corrected chi connectivity index (χ4v) is 3.21. The minimum absolute atomic E-state index is 0.138. The Labute approximate surface area is 162 Å². The Morgan fingerprint density at radius 2 is 2.04 bits per heavy atom. The highest BCUT2D eigenvalue weighted by atomic mass is 16.5. The third-order valence-corrected chi connectivity index (χ3v) is 4.72. The Morgan fingerprint density at radius 3 is 2.86 bits per heavy atom. The number of carbonyl (C=O) groups is 1. The molecule has 2 aromatic carbocycles. The van der Waals surface area contributed by atoms with Gasteiger partial charge in [-0.2, -0.15) is 0 Å². The lowest BCUT2D eigenvalue weighted by Gasteiger charge is -2.04. The van der Waals surface area contributed by atoms with Gasteiger partial charge in [0.1, 0.15) is 11.3 Å². The lowest BCUT2D eigenvalue weighted by molar-refractivity contribution is 0.0937. The van der Waals surface area contributed by atoms with E-state index >= 15 is 0 Å². The first kappa shape index (κ1) is 18.2. The number of hydrogen-bond donors (Lipinski definition) is 1. The van der Waals surface area contributed by atoms with Crippen LogP contribution in [0.1, 0.15) is 27.6 Å². The Bertz CT molecular complexity index is 1160. The maximum atomic E-state index is 12.2. The van der Waals surface area contributed by atoms with Gasteiger partial charge in [0.05, 0.1) is 24.1 Å². The number of benzene rings is 2. The topological polar surface area (TPSA) is 82.2 Å². The number of carbonyl (C=O) groups excluding carboxylic acids is 1. The second kappa shape index (κ2) is 7.44. The van der Waals surface area contributed by atoms with E-state index in [2.05, 4.69) is 10.3 Å². The first-order chi connectivity index (χ1) is 13.5. The van der Waals surface area contributed by atoms with Crippen LogP contribution in [0.15, 0.2) is 40.8 Å². The summed E-state index contributed by atoms with van der Waals surface area (Å²) >= 11 is 0. The predicted octanol–water partition coefficient (Wildman–Crippen LogP) is 2.99. The van der Waals surface area contributed by atoms with Gasteiger partial charge in [-0.15, -0.1) is 0 Å². The fourth-order valence-electron chi connectivity index (χ4n) is 3.21. The van der Waals surface area contributed by atoms with E-state index in [-0.39, 0.29) is 5.91 Å². The molecule has 2 aromatic heterocycles. The lowest BCUT2D eigenvalue weighted by Crippen LogP contribution is -2.26. The molecule has 0 unspecified atom stereocenters. The van der Waals surface area contributed by atoms with Crippen molar-refractivity contribution in [2.75, 3.05) is 20.3 Å². The summed E-state index contributed by atoms with van der Waals surface area (Å²) in [6, 6.07) is 11.5. The highest BCUT2D eigenvalue weighted by Crippen LogP contribution is 2.22. The SMILES string of the molecule is COCCNC(=O)c1ccc2c(c1)nc(Cc1nc3cc(C)ccc3o1)n2C. The van der Waals surface area contributed by atoms with Crippen molar-refractivity contribution >= 4 is 28.0 Å². The lowest BCUT2D eigenvalue weighted by atomic mass is 10.2. The highest BCUT2D eigenvalue weighted by molar-refractivity contribution is 5.97. The normalized spacial score (nSPS) is 11.4. The molecule has 7 heteroatoms. The highest BCUT2D eigenvalue weighted by Gasteiger charge is 2.14. The Balaban J connectivity index is 1.60. The number of rotatable bonds is 6. The quantitative estimate of drug-likeness (QED) is 0.522. The fraction of sp³-hybridized carbons (Fsp3) is 0.286. The number of oxazole rings is 1. The summed E-state index contributed by atoms with van der Waals surface area (Å²) in [4.78, 5) is 21.5. The van der Waals surface area contributed by atoms with Gasteiger partial charge in [-0.25, -0.2) is 9.97 Å². The second-order valence-corrected chi connectivity index (χ2v) is 6.79. The molecule has 0 aliphatic carbocycles. The second-order valence-electron chi connectivity index (χ2n) is 6.79. The number of imidazole rings is 1. The van der Waals surface area contributed by atoms with Crippen LogP contribution in [0.4, 0.5) is 0 Å². The number of aryl methyl sites for hydroxylation is 2. The van der Waals surface area contributed by atoms with E-state index < -0.39 is 0 Å². The summed E-state index contributed by atoms with van der Waals surface area (Å²) in [6.45, 7) is 2.98. The predicted molar refractivity (Wildman–Crippen MR) is 106 cm³/mol. The minimum Gasteiger partial charge on any atom is -0.440 e. The van der Waals surface area contributed by atoms with Crippen LogP contribution in [0.3, 0.4) is 0 Å². The van der Waals surface area contributed by atoms with Gasteiger partial charge in [0.25, 0.3) is 5.91 Å². The molecule has 0 radical (unpaired) electrons. The third-order valence-electron chi connectivity index (χ3n) is 4.72. The van der Waals surface area contributed by atoms with E-state index in [1.807, 2.05) is 42.8 Å². The summed E-state index contributed by atoms with van der Waals surface area (Å²) in [7, 11) is 3.56. The van der Waals surface area contributed by atoms with Crippen molar-refractivity contribution < 1.29 is 13.9 Å². The van der Waals surface area contributed by atoms with Gasteiger partial charge < -0.3 is 19.0 Å². The molecular weight excluding hydrogens is 356 g/mol. The molecule has 0 spiro atoms. The van der Waals surface area contributed by atoms with Crippen LogP contribution in [-0.2, 0) is 18.2 Å². The monoisotopic (exact) mass is 378 g/mol. The molecule has 4 aromatic rings. The maximum absolute atomic E-state index is 12.2. The molecule has 0 saturated carbocycles. The molecule has 0 bridgehead atoms. The molecule has 0 saturated heterocycles. The average Bonchev–Trinajstić information content (AvgIpc) is 3.21. The number of methoxy groups -OCH3 is 1. The van der Waals surface area contributed by atoms with Gasteiger partial charge in [0.15, 0.2) is 5.58 Å². The maximum Gasteiger partial charge on any atom is 0.251 e. The molecule has 1 amide bonds. The number of aromatic nitrogens is 3. The van der Waals surface area contributed by atoms with Crippen molar-refractivity contribution in [3.8, 4) is 0 Å². The van der Waals surface area contributed by atoms with E-state index in [1.54, 1.807) is 19.2 Å². The van der Waals surface area contributed by atoms with Crippen LogP contribution in [0.25, 0.3) is 22.1 Å². The van der Waals surface area contributed by atoms with E-state index in [4.69, 9.17) is 14.1 Å². The van der Waals surface area contributed by atoms with Crippen LogP contribution in [0.2, 0.25) is 0 Å². The Hall–Kier alpha value is -3.19. The van der Waals surface area contributed by atoms with E-state index in [9.17, 15) is 4.79 Å². The van der Waals surface area contributed by atoms with Gasteiger partial charge >= 0.3 is 0 Å². The molecule has 0 fully saturated rings. The zero-order valence-electron chi connectivity index (χ0n) is 16.2. The van der Waals surface area contributed by atoms with Gasteiger partial charge in [0, 0.05) is 26.3 Å². The van der Waals surface area contributed by atoms with E-state index in [0.29, 0.717) is 31.0 Å². The van der Waals surface area contributed by atoms with E-state index in [0.717, 1.165) is 33.5 Å². The van der Waals surface area contributed by atoms with Gasteiger partial charge in [-0.3, -0.25) is 4.79 Å². The first-order valence-corrected chi connectivity index (χ1v) is 9.13. The van der Waals surface area contributed by atoms with E-state index in [1.165, 1.54) is 0 Å². The molecule has 1 N–H and O–H groups in total. The molecule has 0 aliphatic rings. The molecule has 144 valence electrons. The number of amides is 1. The van der Waals surface area contributed by atoms with Gasteiger partial charge in [-0.05, 0) is 42.8 Å². The average molecular weight is 378 g/mol. The van der Waals surface area contributed by atoms with Crippen LogP contribution in [0.5, 0.6) is 0 Å². The number of fused-ring (bicyclic) bond motifs is 2. The van der Waals surface area contributed by atoms with Gasteiger partial charge in [-0.1, -0.05) is 6.07 Å². The molecule has 2 heterocycles.